The average Bonchev–Trinajstić information content (AvgIpc) is 2.39. The largest absolute Gasteiger partial charge is 0.478 e. The lowest BCUT2D eigenvalue weighted by atomic mass is 10.2. The Balaban J connectivity index is 2.19. The molecule has 0 aliphatic rings. The van der Waals surface area contributed by atoms with Gasteiger partial charge in [-0.2, -0.15) is 5.26 Å². The Morgan fingerprint density at radius 3 is 2.58 bits per heavy atom. The summed E-state index contributed by atoms with van der Waals surface area (Å²) in [7, 11) is 0. The molecule has 2 aromatic rings. The number of nitrogens with one attached hydrogen (secondary N) is 1. The fourth-order valence-electron chi connectivity index (χ4n) is 1.46. The lowest BCUT2D eigenvalue weighted by Gasteiger charge is -2.06. The van der Waals surface area contributed by atoms with Gasteiger partial charge in [-0.3, -0.25) is 0 Å². The number of nitriles is 1. The number of nitrogens with zero attached hydrogens (tertiary/aromatic N) is 3. The molecule has 0 spiro atoms. The maximum atomic E-state index is 10.7. The number of aromatic nitrogens is 2. The Kier molecular flexibility index (Phi) is 3.39. The number of aromatic carboxylic acids is 1. The molecular weight excluding hydrogens is 244 g/mol. The summed E-state index contributed by atoms with van der Waals surface area (Å²) < 4.78 is 0. The smallest absolute Gasteiger partial charge is 0.335 e. The highest BCUT2D eigenvalue weighted by atomic mass is 16.4. The van der Waals surface area contributed by atoms with Gasteiger partial charge in [0.15, 0.2) is 0 Å². The molecule has 1 aromatic heterocycles. The number of hydrogen-bond donors (Lipinski definition) is 2. The van der Waals surface area contributed by atoms with Crippen molar-refractivity contribution < 1.29 is 9.90 Å². The van der Waals surface area contributed by atoms with Crippen LogP contribution in [0.3, 0.4) is 0 Å². The van der Waals surface area contributed by atoms with Gasteiger partial charge in [0.05, 0.1) is 23.0 Å². The number of carboxylic acids is 1. The Hall–Kier alpha value is -2.94. The van der Waals surface area contributed by atoms with Crippen LogP contribution in [-0.4, -0.2) is 21.0 Å². The maximum absolute atomic E-state index is 10.7. The van der Waals surface area contributed by atoms with Crippen molar-refractivity contribution in [1.82, 2.24) is 9.97 Å². The van der Waals surface area contributed by atoms with E-state index < -0.39 is 5.97 Å². The number of anilines is 2. The first-order valence-electron chi connectivity index (χ1n) is 5.44. The van der Waals surface area contributed by atoms with Gasteiger partial charge in [-0.05, 0) is 31.2 Å². The van der Waals surface area contributed by atoms with E-state index in [1.165, 1.54) is 18.3 Å². The minimum atomic E-state index is -0.975. The number of benzene rings is 1. The first-order chi connectivity index (χ1) is 9.10. The summed E-state index contributed by atoms with van der Waals surface area (Å²) in [6, 6.07) is 8.21. The molecule has 0 aliphatic heterocycles. The normalized spacial score (nSPS) is 9.68. The van der Waals surface area contributed by atoms with Crippen molar-refractivity contribution in [3.05, 3.63) is 47.3 Å². The standard InChI is InChI=1S/C13H10N4O2/c1-8-10(6-14)7-15-13(16-8)17-11-4-2-9(3-5-11)12(18)19/h2-5,7H,1H3,(H,18,19)(H,15,16,17). The minimum Gasteiger partial charge on any atom is -0.478 e. The molecule has 0 saturated carbocycles. The molecule has 0 atom stereocenters. The third-order valence-corrected chi connectivity index (χ3v) is 2.49. The second-order valence-electron chi connectivity index (χ2n) is 3.81. The zero-order chi connectivity index (χ0) is 13.8. The fraction of sp³-hybridized carbons (Fsp3) is 0.0769. The first kappa shape index (κ1) is 12.5. The van der Waals surface area contributed by atoms with Gasteiger partial charge in [0.2, 0.25) is 5.95 Å². The van der Waals surface area contributed by atoms with Gasteiger partial charge in [-0.15, -0.1) is 0 Å². The van der Waals surface area contributed by atoms with Gasteiger partial charge in [-0.1, -0.05) is 0 Å². The zero-order valence-corrected chi connectivity index (χ0v) is 10.1. The van der Waals surface area contributed by atoms with Crippen LogP contribution in [0.15, 0.2) is 30.5 Å². The Morgan fingerprint density at radius 2 is 2.05 bits per heavy atom. The molecular formula is C13H10N4O2. The number of aryl methyl sites for hydroxylation is 1. The van der Waals surface area contributed by atoms with Gasteiger partial charge < -0.3 is 10.4 Å². The van der Waals surface area contributed by atoms with Crippen molar-refractivity contribution >= 4 is 17.6 Å². The van der Waals surface area contributed by atoms with E-state index in [9.17, 15) is 4.79 Å². The van der Waals surface area contributed by atoms with E-state index in [1.54, 1.807) is 19.1 Å². The van der Waals surface area contributed by atoms with E-state index in [4.69, 9.17) is 10.4 Å². The van der Waals surface area contributed by atoms with Crippen LogP contribution < -0.4 is 5.32 Å². The average molecular weight is 254 g/mol. The van der Waals surface area contributed by atoms with E-state index in [2.05, 4.69) is 15.3 Å². The highest BCUT2D eigenvalue weighted by Gasteiger charge is 2.04. The van der Waals surface area contributed by atoms with Crippen LogP contribution in [0.25, 0.3) is 0 Å². The van der Waals surface area contributed by atoms with Crippen molar-refractivity contribution in [1.29, 1.82) is 5.26 Å². The number of rotatable bonds is 3. The molecule has 0 unspecified atom stereocenters. The summed E-state index contributed by atoms with van der Waals surface area (Å²) in [6.45, 7) is 1.72. The Morgan fingerprint density at radius 1 is 1.37 bits per heavy atom. The summed E-state index contributed by atoms with van der Waals surface area (Å²) in [6.07, 6.45) is 1.44. The summed E-state index contributed by atoms with van der Waals surface area (Å²) in [4.78, 5) is 18.8. The molecule has 0 bridgehead atoms. The van der Waals surface area contributed by atoms with Gasteiger partial charge in [-0.25, -0.2) is 14.8 Å². The molecule has 0 saturated heterocycles. The van der Waals surface area contributed by atoms with Crippen molar-refractivity contribution in [2.24, 2.45) is 0 Å². The molecule has 2 rings (SSSR count). The highest BCUT2D eigenvalue weighted by Crippen LogP contribution is 2.15. The molecule has 2 N–H and O–H groups in total. The molecule has 1 heterocycles. The second-order valence-corrected chi connectivity index (χ2v) is 3.81. The second kappa shape index (κ2) is 5.14. The predicted octanol–water partition coefficient (Wildman–Crippen LogP) is 2.10. The quantitative estimate of drug-likeness (QED) is 0.870. The number of carboxylic acid groups (broad SMARTS) is 1. The third-order valence-electron chi connectivity index (χ3n) is 2.49. The molecule has 0 radical (unpaired) electrons. The van der Waals surface area contributed by atoms with Crippen LogP contribution in [0, 0.1) is 18.3 Å². The van der Waals surface area contributed by atoms with Crippen molar-refractivity contribution in [3.8, 4) is 6.07 Å². The monoisotopic (exact) mass is 254 g/mol. The van der Waals surface area contributed by atoms with Crippen LogP contribution in [0.4, 0.5) is 11.6 Å². The summed E-state index contributed by atoms with van der Waals surface area (Å²) in [5.74, 6) is -0.614. The van der Waals surface area contributed by atoms with Crippen LogP contribution in [0.1, 0.15) is 21.6 Å². The van der Waals surface area contributed by atoms with Gasteiger partial charge in [0, 0.05) is 5.69 Å². The lowest BCUT2D eigenvalue weighted by molar-refractivity contribution is 0.0697. The van der Waals surface area contributed by atoms with E-state index in [-0.39, 0.29) is 5.56 Å². The van der Waals surface area contributed by atoms with E-state index in [0.717, 1.165) is 0 Å². The van der Waals surface area contributed by atoms with E-state index in [1.807, 2.05) is 6.07 Å². The molecule has 19 heavy (non-hydrogen) atoms. The molecule has 1 aromatic carbocycles. The van der Waals surface area contributed by atoms with Gasteiger partial charge in [0.25, 0.3) is 0 Å². The predicted molar refractivity (Wildman–Crippen MR) is 68.2 cm³/mol. The summed E-state index contributed by atoms with van der Waals surface area (Å²) in [5, 5.41) is 20.5. The Labute approximate surface area is 109 Å². The fourth-order valence-corrected chi connectivity index (χ4v) is 1.46. The van der Waals surface area contributed by atoms with Crippen molar-refractivity contribution in [2.45, 2.75) is 6.92 Å². The summed E-state index contributed by atoms with van der Waals surface area (Å²) in [5.41, 5.74) is 1.89. The van der Waals surface area contributed by atoms with Crippen LogP contribution >= 0.6 is 0 Å². The van der Waals surface area contributed by atoms with Crippen molar-refractivity contribution in [3.63, 3.8) is 0 Å². The van der Waals surface area contributed by atoms with E-state index >= 15 is 0 Å². The van der Waals surface area contributed by atoms with Crippen LogP contribution in [-0.2, 0) is 0 Å². The number of hydrogen-bond acceptors (Lipinski definition) is 5. The molecule has 0 aliphatic carbocycles. The molecule has 0 amide bonds. The molecule has 0 fully saturated rings. The zero-order valence-electron chi connectivity index (χ0n) is 10.1. The van der Waals surface area contributed by atoms with Crippen LogP contribution in [0.5, 0.6) is 0 Å². The molecule has 6 nitrogen and oxygen atoms in total. The maximum Gasteiger partial charge on any atom is 0.335 e. The Bertz CT molecular complexity index is 659. The highest BCUT2D eigenvalue weighted by molar-refractivity contribution is 5.88. The molecule has 94 valence electrons. The van der Waals surface area contributed by atoms with Crippen molar-refractivity contribution in [2.75, 3.05) is 5.32 Å². The lowest BCUT2D eigenvalue weighted by Crippen LogP contribution is -2.01. The topological polar surface area (TPSA) is 98.9 Å². The third kappa shape index (κ3) is 2.84. The first-order valence-corrected chi connectivity index (χ1v) is 5.44. The molecule has 6 heteroatoms. The van der Waals surface area contributed by atoms with Gasteiger partial charge in [0.1, 0.15) is 6.07 Å². The minimum absolute atomic E-state index is 0.211. The number of carbonyl (C=O) groups is 1. The van der Waals surface area contributed by atoms with Crippen LogP contribution in [0.2, 0.25) is 0 Å². The van der Waals surface area contributed by atoms with Gasteiger partial charge >= 0.3 is 5.97 Å². The SMILES string of the molecule is Cc1nc(Nc2ccc(C(=O)O)cc2)ncc1C#N. The van der Waals surface area contributed by atoms with E-state index in [0.29, 0.717) is 22.9 Å². The summed E-state index contributed by atoms with van der Waals surface area (Å²) >= 11 is 0.